The minimum atomic E-state index is -3.89. The highest BCUT2D eigenvalue weighted by Gasteiger charge is 2.25. The lowest BCUT2D eigenvalue weighted by Crippen LogP contribution is -2.39. The Labute approximate surface area is 163 Å². The van der Waals surface area contributed by atoms with E-state index >= 15 is 0 Å². The van der Waals surface area contributed by atoms with Crippen molar-refractivity contribution in [2.75, 3.05) is 31.6 Å². The van der Waals surface area contributed by atoms with Gasteiger partial charge in [0.25, 0.3) is 0 Å². The third-order valence-corrected chi connectivity index (χ3v) is 6.24. The fraction of sp³-hybridized carbons (Fsp3) is 0.368. The molecule has 1 aromatic carbocycles. The van der Waals surface area contributed by atoms with E-state index in [0.717, 1.165) is 25.0 Å². The first-order chi connectivity index (χ1) is 13.4. The van der Waals surface area contributed by atoms with Crippen molar-refractivity contribution in [3.8, 4) is 11.8 Å². The van der Waals surface area contributed by atoms with Crippen LogP contribution in [0.25, 0.3) is 0 Å². The second-order valence-corrected chi connectivity index (χ2v) is 8.30. The molecule has 1 N–H and O–H groups in total. The minimum absolute atomic E-state index is 0.0999. The van der Waals surface area contributed by atoms with Crippen molar-refractivity contribution in [1.82, 2.24) is 9.71 Å². The summed E-state index contributed by atoms with van der Waals surface area (Å²) in [6.07, 6.45) is 3.16. The maximum absolute atomic E-state index is 13.5. The molecule has 148 valence electrons. The van der Waals surface area contributed by atoms with Crippen LogP contribution in [0.15, 0.2) is 41.4 Å². The van der Waals surface area contributed by atoms with Crippen LogP contribution in [0.1, 0.15) is 18.4 Å². The third kappa shape index (κ3) is 4.40. The molecule has 0 atom stereocenters. The van der Waals surface area contributed by atoms with Crippen molar-refractivity contribution < 1.29 is 17.5 Å². The van der Waals surface area contributed by atoms with Crippen LogP contribution in [0, 0.1) is 23.1 Å². The van der Waals surface area contributed by atoms with E-state index in [1.165, 1.54) is 13.2 Å². The molecule has 0 saturated carbocycles. The van der Waals surface area contributed by atoms with Crippen LogP contribution in [0.4, 0.5) is 10.2 Å². The van der Waals surface area contributed by atoms with E-state index < -0.39 is 15.8 Å². The Hall–Kier alpha value is -2.70. The van der Waals surface area contributed by atoms with Crippen molar-refractivity contribution in [2.45, 2.75) is 17.7 Å². The number of anilines is 1. The smallest absolute Gasteiger partial charge is 0.244 e. The van der Waals surface area contributed by atoms with E-state index in [1.807, 2.05) is 4.90 Å². The SMILES string of the molecule is COc1ccc(F)cc1S(=O)(=O)NCC1CCN(c2ncccc2C#N)CC1. The number of halogens is 1. The summed E-state index contributed by atoms with van der Waals surface area (Å²) < 4.78 is 46.2. The number of hydrogen-bond donors (Lipinski definition) is 1. The first-order valence-corrected chi connectivity index (χ1v) is 10.4. The number of nitrogens with one attached hydrogen (secondary N) is 1. The molecule has 0 amide bonds. The lowest BCUT2D eigenvalue weighted by Gasteiger charge is -2.33. The molecule has 2 heterocycles. The maximum Gasteiger partial charge on any atom is 0.244 e. The zero-order chi connectivity index (χ0) is 20.1. The van der Waals surface area contributed by atoms with Crippen molar-refractivity contribution >= 4 is 15.8 Å². The third-order valence-electron chi connectivity index (χ3n) is 4.80. The average Bonchev–Trinajstić information content (AvgIpc) is 2.72. The molecule has 1 aliphatic rings. The molecule has 1 aromatic heterocycles. The van der Waals surface area contributed by atoms with Gasteiger partial charge in [-0.2, -0.15) is 5.26 Å². The van der Waals surface area contributed by atoms with Gasteiger partial charge < -0.3 is 9.64 Å². The molecule has 1 saturated heterocycles. The number of methoxy groups -OCH3 is 1. The lowest BCUT2D eigenvalue weighted by atomic mass is 9.97. The molecule has 2 aromatic rings. The Kier molecular flexibility index (Phi) is 6.11. The molecule has 0 bridgehead atoms. The summed E-state index contributed by atoms with van der Waals surface area (Å²) in [7, 11) is -2.54. The van der Waals surface area contributed by atoms with Crippen LogP contribution in [0.2, 0.25) is 0 Å². The molecule has 0 radical (unpaired) electrons. The van der Waals surface area contributed by atoms with Gasteiger partial charge in [0.2, 0.25) is 10.0 Å². The molecule has 1 aliphatic heterocycles. The second-order valence-electron chi connectivity index (χ2n) is 6.56. The first-order valence-electron chi connectivity index (χ1n) is 8.88. The van der Waals surface area contributed by atoms with Gasteiger partial charge in [0.05, 0.1) is 12.7 Å². The Balaban J connectivity index is 1.61. The van der Waals surface area contributed by atoms with Crippen molar-refractivity contribution in [1.29, 1.82) is 5.26 Å². The van der Waals surface area contributed by atoms with E-state index in [2.05, 4.69) is 15.8 Å². The molecule has 28 heavy (non-hydrogen) atoms. The van der Waals surface area contributed by atoms with Crippen molar-refractivity contribution in [3.05, 3.63) is 47.9 Å². The zero-order valence-electron chi connectivity index (χ0n) is 15.4. The van der Waals surface area contributed by atoms with Gasteiger partial charge in [-0.3, -0.25) is 0 Å². The predicted molar refractivity (Wildman–Crippen MR) is 102 cm³/mol. The number of pyridine rings is 1. The molecular weight excluding hydrogens is 383 g/mol. The monoisotopic (exact) mass is 404 g/mol. The molecule has 0 spiro atoms. The number of rotatable bonds is 6. The summed E-state index contributed by atoms with van der Waals surface area (Å²) >= 11 is 0. The van der Waals surface area contributed by atoms with Crippen LogP contribution in [-0.2, 0) is 10.0 Å². The van der Waals surface area contributed by atoms with Gasteiger partial charge in [0, 0.05) is 25.8 Å². The standard InChI is InChI=1S/C19H21FN4O3S/c1-27-17-5-4-16(20)11-18(17)28(25,26)23-13-14-6-9-24(10-7-14)19-15(12-21)3-2-8-22-19/h2-5,8,11,14,23H,6-7,9-10,13H2,1H3. The van der Waals surface area contributed by atoms with E-state index in [1.54, 1.807) is 18.3 Å². The minimum Gasteiger partial charge on any atom is -0.495 e. The van der Waals surface area contributed by atoms with Crippen LogP contribution in [0.3, 0.4) is 0 Å². The molecule has 9 heteroatoms. The van der Waals surface area contributed by atoms with Gasteiger partial charge in [-0.05, 0) is 49.1 Å². The number of nitrogens with zero attached hydrogens (tertiary/aromatic N) is 3. The summed E-state index contributed by atoms with van der Waals surface area (Å²) in [6, 6.07) is 9.00. The zero-order valence-corrected chi connectivity index (χ0v) is 16.2. The maximum atomic E-state index is 13.5. The van der Waals surface area contributed by atoms with Gasteiger partial charge >= 0.3 is 0 Å². The number of sulfonamides is 1. The average molecular weight is 404 g/mol. The Morgan fingerprint density at radius 3 is 2.79 bits per heavy atom. The largest absolute Gasteiger partial charge is 0.495 e. The van der Waals surface area contributed by atoms with E-state index in [9.17, 15) is 18.1 Å². The molecular formula is C19H21FN4O3S. The summed E-state index contributed by atoms with van der Waals surface area (Å²) in [4.78, 5) is 6.13. The summed E-state index contributed by atoms with van der Waals surface area (Å²) in [6.45, 7) is 1.62. The van der Waals surface area contributed by atoms with Crippen LogP contribution >= 0.6 is 0 Å². The Morgan fingerprint density at radius 1 is 1.36 bits per heavy atom. The van der Waals surface area contributed by atoms with Crippen molar-refractivity contribution in [3.63, 3.8) is 0 Å². The number of ether oxygens (including phenoxy) is 1. The number of piperidine rings is 1. The summed E-state index contributed by atoms with van der Waals surface area (Å²) in [5.74, 6) is 0.259. The van der Waals surface area contributed by atoms with E-state index in [0.29, 0.717) is 24.5 Å². The fourth-order valence-corrected chi connectivity index (χ4v) is 4.55. The highest BCUT2D eigenvalue weighted by Crippen LogP contribution is 2.26. The number of aromatic nitrogens is 1. The van der Waals surface area contributed by atoms with E-state index in [4.69, 9.17) is 4.74 Å². The van der Waals surface area contributed by atoms with Crippen LogP contribution in [0.5, 0.6) is 5.75 Å². The summed E-state index contributed by atoms with van der Waals surface area (Å²) in [5.41, 5.74) is 0.528. The highest BCUT2D eigenvalue weighted by molar-refractivity contribution is 7.89. The summed E-state index contributed by atoms with van der Waals surface area (Å²) in [5, 5.41) is 9.22. The second kappa shape index (κ2) is 8.54. The Morgan fingerprint density at radius 2 is 2.11 bits per heavy atom. The molecule has 3 rings (SSSR count). The molecule has 0 aliphatic carbocycles. The predicted octanol–water partition coefficient (Wildman–Crippen LogP) is 2.30. The number of nitriles is 1. The molecule has 0 unspecified atom stereocenters. The molecule has 7 nitrogen and oxygen atoms in total. The van der Waals surface area contributed by atoms with Gasteiger partial charge in [-0.1, -0.05) is 0 Å². The fourth-order valence-electron chi connectivity index (χ4n) is 3.25. The number of benzene rings is 1. The quantitative estimate of drug-likeness (QED) is 0.794. The Bertz CT molecular complexity index is 983. The highest BCUT2D eigenvalue weighted by atomic mass is 32.2. The van der Waals surface area contributed by atoms with Gasteiger partial charge in [-0.25, -0.2) is 22.5 Å². The topological polar surface area (TPSA) is 95.3 Å². The molecule has 1 fully saturated rings. The van der Waals surface area contributed by atoms with Gasteiger partial charge in [0.1, 0.15) is 28.3 Å². The van der Waals surface area contributed by atoms with Crippen molar-refractivity contribution in [2.24, 2.45) is 5.92 Å². The van der Waals surface area contributed by atoms with Crippen LogP contribution < -0.4 is 14.4 Å². The van der Waals surface area contributed by atoms with Gasteiger partial charge in [-0.15, -0.1) is 0 Å². The van der Waals surface area contributed by atoms with E-state index in [-0.39, 0.29) is 23.1 Å². The number of hydrogen-bond acceptors (Lipinski definition) is 6. The lowest BCUT2D eigenvalue weighted by molar-refractivity contribution is 0.394. The first kappa shape index (κ1) is 20.0. The normalized spacial score (nSPS) is 15.2. The van der Waals surface area contributed by atoms with Crippen LogP contribution in [-0.4, -0.2) is 40.1 Å². The van der Waals surface area contributed by atoms with Gasteiger partial charge in [0.15, 0.2) is 0 Å².